The summed E-state index contributed by atoms with van der Waals surface area (Å²) in [5.41, 5.74) is 2.70. The molecule has 0 bridgehead atoms. The van der Waals surface area contributed by atoms with Gasteiger partial charge < -0.3 is 14.8 Å². The van der Waals surface area contributed by atoms with Crippen molar-refractivity contribution in [1.82, 2.24) is 4.98 Å². The summed E-state index contributed by atoms with van der Waals surface area (Å²) in [6.45, 7) is 2.23. The van der Waals surface area contributed by atoms with E-state index in [4.69, 9.17) is 9.47 Å². The first-order valence-electron chi connectivity index (χ1n) is 7.88. The molecule has 0 aliphatic carbocycles. The van der Waals surface area contributed by atoms with E-state index in [1.165, 1.54) is 11.8 Å². The normalized spacial score (nSPS) is 12.4. The molecular formula is C19H16N2O3S. The minimum atomic E-state index is -0.0850. The lowest BCUT2D eigenvalue weighted by molar-refractivity contribution is -0.113. The second kappa shape index (κ2) is 6.64. The first kappa shape index (κ1) is 15.8. The Hall–Kier alpha value is -2.73. The summed E-state index contributed by atoms with van der Waals surface area (Å²) in [6, 6.07) is 15.4. The number of ether oxygens (including phenoxy) is 2. The minimum absolute atomic E-state index is 0.0850. The third-order valence-corrected chi connectivity index (χ3v) is 4.96. The molecule has 0 atom stereocenters. The topological polar surface area (TPSA) is 60.5 Å². The number of rotatable bonds is 4. The third-order valence-electron chi connectivity index (χ3n) is 3.86. The van der Waals surface area contributed by atoms with Crippen molar-refractivity contribution in [2.45, 2.75) is 11.9 Å². The van der Waals surface area contributed by atoms with Gasteiger partial charge in [-0.05, 0) is 36.8 Å². The van der Waals surface area contributed by atoms with Crippen molar-refractivity contribution in [1.29, 1.82) is 0 Å². The zero-order chi connectivity index (χ0) is 17.2. The van der Waals surface area contributed by atoms with Crippen LogP contribution in [0, 0.1) is 6.92 Å². The maximum Gasteiger partial charge on any atom is 0.234 e. The number of para-hydroxylation sites is 1. The highest BCUT2D eigenvalue weighted by Crippen LogP contribution is 2.34. The van der Waals surface area contributed by atoms with E-state index in [0.717, 1.165) is 21.5 Å². The van der Waals surface area contributed by atoms with Gasteiger partial charge in [0.1, 0.15) is 5.03 Å². The second-order valence-corrected chi connectivity index (χ2v) is 6.67. The molecule has 4 rings (SSSR count). The number of nitrogens with zero attached hydrogens (tertiary/aromatic N) is 1. The quantitative estimate of drug-likeness (QED) is 0.719. The van der Waals surface area contributed by atoms with Crippen LogP contribution in [0.5, 0.6) is 11.5 Å². The van der Waals surface area contributed by atoms with Gasteiger partial charge in [0.2, 0.25) is 12.7 Å². The number of carbonyl (C=O) groups excluding carboxylic acids is 1. The number of nitrogens with one attached hydrogen (secondary N) is 1. The molecule has 2 heterocycles. The fraction of sp³-hybridized carbons (Fsp3) is 0.158. The molecular weight excluding hydrogens is 336 g/mol. The highest BCUT2D eigenvalue weighted by molar-refractivity contribution is 8.00. The first-order chi connectivity index (χ1) is 12.2. The molecule has 1 N–H and O–H groups in total. The Morgan fingerprint density at radius 1 is 1.16 bits per heavy atom. The standard InChI is InChI=1S/C19H16N2O3S/c1-12-8-13-4-2-3-5-15(13)21-19(12)25-10-18(22)20-14-6-7-16-17(9-14)24-11-23-16/h2-9H,10-11H2,1H3,(H,20,22). The predicted octanol–water partition coefficient (Wildman–Crippen LogP) is 4.00. The minimum Gasteiger partial charge on any atom is -0.454 e. The molecule has 3 aromatic rings. The van der Waals surface area contributed by atoms with Crippen molar-refractivity contribution in [2.24, 2.45) is 0 Å². The van der Waals surface area contributed by atoms with Crippen LogP contribution in [0.25, 0.3) is 10.9 Å². The van der Waals surface area contributed by atoms with E-state index in [9.17, 15) is 4.79 Å². The van der Waals surface area contributed by atoms with Gasteiger partial charge in [-0.1, -0.05) is 30.0 Å². The van der Waals surface area contributed by atoms with E-state index in [1.54, 1.807) is 18.2 Å². The zero-order valence-corrected chi connectivity index (χ0v) is 14.4. The molecule has 1 aliphatic rings. The molecule has 0 saturated carbocycles. The molecule has 6 heteroatoms. The fourth-order valence-electron chi connectivity index (χ4n) is 2.66. The van der Waals surface area contributed by atoms with E-state index >= 15 is 0 Å². The van der Waals surface area contributed by atoms with Crippen LogP contribution >= 0.6 is 11.8 Å². The van der Waals surface area contributed by atoms with Gasteiger partial charge in [0.25, 0.3) is 0 Å². The lowest BCUT2D eigenvalue weighted by Crippen LogP contribution is -2.14. The number of aromatic nitrogens is 1. The number of thioether (sulfide) groups is 1. The van der Waals surface area contributed by atoms with Crippen LogP contribution in [0.2, 0.25) is 0 Å². The van der Waals surface area contributed by atoms with E-state index in [0.29, 0.717) is 22.9 Å². The van der Waals surface area contributed by atoms with Gasteiger partial charge in [-0.15, -0.1) is 0 Å². The molecule has 1 amide bonds. The van der Waals surface area contributed by atoms with Gasteiger partial charge in [0, 0.05) is 17.1 Å². The molecule has 0 saturated heterocycles. The Labute approximate surface area is 149 Å². The maximum absolute atomic E-state index is 12.2. The Balaban J connectivity index is 1.42. The Morgan fingerprint density at radius 2 is 2.00 bits per heavy atom. The molecule has 0 spiro atoms. The van der Waals surface area contributed by atoms with Crippen molar-refractivity contribution in [2.75, 3.05) is 17.9 Å². The molecule has 5 nitrogen and oxygen atoms in total. The Kier molecular flexibility index (Phi) is 4.19. The number of aryl methyl sites for hydroxylation is 1. The molecule has 1 aliphatic heterocycles. The number of hydrogen-bond acceptors (Lipinski definition) is 5. The van der Waals surface area contributed by atoms with Crippen LogP contribution in [0.3, 0.4) is 0 Å². The number of amides is 1. The smallest absolute Gasteiger partial charge is 0.234 e. The summed E-state index contributed by atoms with van der Waals surface area (Å²) in [4.78, 5) is 16.9. The fourth-order valence-corrected chi connectivity index (χ4v) is 3.44. The van der Waals surface area contributed by atoms with Crippen molar-refractivity contribution < 1.29 is 14.3 Å². The van der Waals surface area contributed by atoms with Gasteiger partial charge in [-0.3, -0.25) is 4.79 Å². The highest BCUT2D eigenvalue weighted by Gasteiger charge is 2.14. The Morgan fingerprint density at radius 3 is 2.92 bits per heavy atom. The molecule has 1 aromatic heterocycles. The summed E-state index contributed by atoms with van der Waals surface area (Å²) in [5, 5.41) is 4.86. The van der Waals surface area contributed by atoms with Gasteiger partial charge in [0.05, 0.1) is 11.3 Å². The third kappa shape index (κ3) is 3.39. The summed E-state index contributed by atoms with van der Waals surface area (Å²) in [6.07, 6.45) is 0. The van der Waals surface area contributed by atoms with Crippen LogP contribution in [-0.4, -0.2) is 23.4 Å². The summed E-state index contributed by atoms with van der Waals surface area (Å²) < 4.78 is 10.6. The maximum atomic E-state index is 12.2. The molecule has 126 valence electrons. The number of hydrogen-bond donors (Lipinski definition) is 1. The van der Waals surface area contributed by atoms with Gasteiger partial charge >= 0.3 is 0 Å². The van der Waals surface area contributed by atoms with Crippen molar-refractivity contribution in [3.8, 4) is 11.5 Å². The monoisotopic (exact) mass is 352 g/mol. The van der Waals surface area contributed by atoms with E-state index in [-0.39, 0.29) is 12.7 Å². The molecule has 0 radical (unpaired) electrons. The number of fused-ring (bicyclic) bond motifs is 2. The van der Waals surface area contributed by atoms with Gasteiger partial charge in [-0.25, -0.2) is 4.98 Å². The number of anilines is 1. The van der Waals surface area contributed by atoms with E-state index in [1.807, 2.05) is 31.2 Å². The average Bonchev–Trinajstić information content (AvgIpc) is 3.07. The molecule has 0 fully saturated rings. The highest BCUT2D eigenvalue weighted by atomic mass is 32.2. The lowest BCUT2D eigenvalue weighted by atomic mass is 10.2. The van der Waals surface area contributed by atoms with Crippen LogP contribution in [-0.2, 0) is 4.79 Å². The van der Waals surface area contributed by atoms with Crippen molar-refractivity contribution in [3.63, 3.8) is 0 Å². The van der Waals surface area contributed by atoms with Gasteiger partial charge in [0.15, 0.2) is 11.5 Å². The van der Waals surface area contributed by atoms with Crippen molar-refractivity contribution in [3.05, 3.63) is 54.1 Å². The summed E-state index contributed by atoms with van der Waals surface area (Å²) in [7, 11) is 0. The average molecular weight is 352 g/mol. The first-order valence-corrected chi connectivity index (χ1v) is 8.86. The molecule has 0 unspecified atom stereocenters. The number of pyridine rings is 1. The largest absolute Gasteiger partial charge is 0.454 e. The number of benzene rings is 2. The summed E-state index contributed by atoms with van der Waals surface area (Å²) >= 11 is 1.44. The van der Waals surface area contributed by atoms with Gasteiger partial charge in [-0.2, -0.15) is 0 Å². The molecule has 25 heavy (non-hydrogen) atoms. The lowest BCUT2D eigenvalue weighted by Gasteiger charge is -2.08. The second-order valence-electron chi connectivity index (χ2n) is 5.71. The van der Waals surface area contributed by atoms with E-state index < -0.39 is 0 Å². The Bertz CT molecular complexity index is 959. The predicted molar refractivity (Wildman–Crippen MR) is 98.4 cm³/mol. The van der Waals surface area contributed by atoms with Crippen LogP contribution in [0.4, 0.5) is 5.69 Å². The zero-order valence-electron chi connectivity index (χ0n) is 13.6. The SMILES string of the molecule is Cc1cc2ccccc2nc1SCC(=O)Nc1ccc2c(c1)OCO2. The van der Waals surface area contributed by atoms with E-state index in [2.05, 4.69) is 16.4 Å². The number of carbonyl (C=O) groups is 1. The molecule has 2 aromatic carbocycles. The van der Waals surface area contributed by atoms with Crippen LogP contribution < -0.4 is 14.8 Å². The van der Waals surface area contributed by atoms with Crippen LogP contribution in [0.1, 0.15) is 5.56 Å². The summed E-state index contributed by atoms with van der Waals surface area (Å²) in [5.74, 6) is 1.56. The van der Waals surface area contributed by atoms with Crippen molar-refractivity contribution >= 4 is 34.3 Å². The van der Waals surface area contributed by atoms with Crippen LogP contribution in [0.15, 0.2) is 53.6 Å².